The number of unbranched alkanes of at least 4 members (excludes halogenated alkanes) is 1. The van der Waals surface area contributed by atoms with Gasteiger partial charge in [-0.25, -0.2) is 0 Å². The summed E-state index contributed by atoms with van der Waals surface area (Å²) in [5.74, 6) is 0.486. The molecule has 0 unspecified atom stereocenters. The summed E-state index contributed by atoms with van der Waals surface area (Å²) in [7, 11) is 0. The SMILES string of the molecule is CC.CCCCc1c(O)cccc1N=C(C)CCC(=O)C1=CCC=C1. The molecule has 1 N–H and O–H groups in total. The molecule has 2 rings (SSSR count). The number of phenolic OH excluding ortho intramolecular Hbond substituents is 1. The Morgan fingerprint density at radius 3 is 2.64 bits per heavy atom. The minimum atomic E-state index is 0.176. The van der Waals surface area contributed by atoms with Gasteiger partial charge in [-0.1, -0.05) is 51.5 Å². The zero-order chi connectivity index (χ0) is 18.7. The third-order valence-electron chi connectivity index (χ3n) is 4.03. The summed E-state index contributed by atoms with van der Waals surface area (Å²) >= 11 is 0. The molecule has 0 aromatic heterocycles. The van der Waals surface area contributed by atoms with E-state index in [1.807, 2.05) is 51.1 Å². The van der Waals surface area contributed by atoms with Crippen LogP contribution in [0.3, 0.4) is 0 Å². The van der Waals surface area contributed by atoms with Gasteiger partial charge in [-0.05, 0) is 44.7 Å². The molecule has 0 heterocycles. The maximum Gasteiger partial charge on any atom is 0.162 e. The van der Waals surface area contributed by atoms with Gasteiger partial charge in [0.1, 0.15) is 5.75 Å². The van der Waals surface area contributed by atoms with Crippen LogP contribution >= 0.6 is 0 Å². The Labute approximate surface area is 152 Å². The van der Waals surface area contributed by atoms with Crippen molar-refractivity contribution in [1.82, 2.24) is 0 Å². The molecule has 0 aliphatic heterocycles. The lowest BCUT2D eigenvalue weighted by Crippen LogP contribution is -2.03. The van der Waals surface area contributed by atoms with E-state index in [0.29, 0.717) is 18.6 Å². The zero-order valence-corrected chi connectivity index (χ0v) is 16.0. The van der Waals surface area contributed by atoms with Crippen molar-refractivity contribution in [2.75, 3.05) is 0 Å². The molecule has 0 saturated heterocycles. The van der Waals surface area contributed by atoms with Crippen LogP contribution in [0.15, 0.2) is 47.0 Å². The van der Waals surface area contributed by atoms with E-state index in [1.165, 1.54) is 0 Å². The molecule has 1 aromatic carbocycles. The Kier molecular flexibility index (Phi) is 9.53. The summed E-state index contributed by atoms with van der Waals surface area (Å²) in [6.07, 6.45) is 10.8. The number of aromatic hydroxyl groups is 1. The van der Waals surface area contributed by atoms with Gasteiger partial charge >= 0.3 is 0 Å². The van der Waals surface area contributed by atoms with E-state index in [9.17, 15) is 9.90 Å². The van der Waals surface area contributed by atoms with Gasteiger partial charge in [-0.15, -0.1) is 0 Å². The van der Waals surface area contributed by atoms with Gasteiger partial charge in [0.2, 0.25) is 0 Å². The van der Waals surface area contributed by atoms with Crippen molar-refractivity contribution in [3.8, 4) is 5.75 Å². The van der Waals surface area contributed by atoms with Crippen LogP contribution in [-0.4, -0.2) is 16.6 Å². The van der Waals surface area contributed by atoms with Crippen LogP contribution in [-0.2, 0) is 11.2 Å². The molecule has 0 amide bonds. The van der Waals surface area contributed by atoms with E-state index < -0.39 is 0 Å². The predicted molar refractivity (Wildman–Crippen MR) is 107 cm³/mol. The molecule has 25 heavy (non-hydrogen) atoms. The second-order valence-corrected chi connectivity index (χ2v) is 5.95. The quantitative estimate of drug-likeness (QED) is 0.582. The number of carbonyl (C=O) groups excluding carboxylic acids is 1. The molecule has 0 radical (unpaired) electrons. The maximum absolute atomic E-state index is 12.1. The first-order valence-corrected chi connectivity index (χ1v) is 9.36. The fourth-order valence-electron chi connectivity index (χ4n) is 2.64. The topological polar surface area (TPSA) is 49.7 Å². The average Bonchev–Trinajstić information content (AvgIpc) is 3.16. The largest absolute Gasteiger partial charge is 0.508 e. The van der Waals surface area contributed by atoms with Crippen molar-refractivity contribution in [2.24, 2.45) is 4.99 Å². The number of hydrogen-bond acceptors (Lipinski definition) is 3. The monoisotopic (exact) mass is 341 g/mol. The van der Waals surface area contributed by atoms with Crippen LogP contribution in [0.25, 0.3) is 0 Å². The Morgan fingerprint density at radius 1 is 1.24 bits per heavy atom. The summed E-state index contributed by atoms with van der Waals surface area (Å²) in [6.45, 7) is 8.08. The summed E-state index contributed by atoms with van der Waals surface area (Å²) in [6, 6.07) is 5.45. The molecule has 1 aliphatic carbocycles. The normalized spacial score (nSPS) is 13.3. The summed E-state index contributed by atoms with van der Waals surface area (Å²) in [5, 5.41) is 10.1. The number of benzene rings is 1. The van der Waals surface area contributed by atoms with Crippen LogP contribution in [0.5, 0.6) is 5.75 Å². The highest BCUT2D eigenvalue weighted by atomic mass is 16.3. The molecule has 0 saturated carbocycles. The van der Waals surface area contributed by atoms with Crippen molar-refractivity contribution in [1.29, 1.82) is 0 Å². The van der Waals surface area contributed by atoms with Crippen molar-refractivity contribution in [2.45, 2.75) is 66.2 Å². The molecular formula is C22H31NO2. The third-order valence-corrected chi connectivity index (χ3v) is 4.03. The van der Waals surface area contributed by atoms with E-state index in [4.69, 9.17) is 0 Å². The Balaban J connectivity index is 0.00000151. The highest BCUT2D eigenvalue weighted by Gasteiger charge is 2.10. The molecule has 3 heteroatoms. The number of nitrogens with zero attached hydrogens (tertiary/aromatic N) is 1. The Bertz CT molecular complexity index is 654. The smallest absolute Gasteiger partial charge is 0.162 e. The first kappa shape index (κ1) is 20.9. The highest BCUT2D eigenvalue weighted by molar-refractivity contribution is 6.00. The average molecular weight is 341 g/mol. The maximum atomic E-state index is 12.1. The summed E-state index contributed by atoms with van der Waals surface area (Å²) < 4.78 is 0. The number of aliphatic imine (C=N–C) groups is 1. The van der Waals surface area contributed by atoms with E-state index in [0.717, 1.165) is 48.2 Å². The van der Waals surface area contributed by atoms with Crippen LogP contribution in [0.4, 0.5) is 5.69 Å². The first-order valence-electron chi connectivity index (χ1n) is 9.36. The van der Waals surface area contributed by atoms with Crippen molar-refractivity contribution in [3.63, 3.8) is 0 Å². The number of hydrogen-bond donors (Lipinski definition) is 1. The van der Waals surface area contributed by atoms with Gasteiger partial charge in [0.15, 0.2) is 5.78 Å². The zero-order valence-electron chi connectivity index (χ0n) is 16.0. The Morgan fingerprint density at radius 2 is 2.00 bits per heavy atom. The molecular weight excluding hydrogens is 310 g/mol. The van der Waals surface area contributed by atoms with Crippen molar-refractivity contribution < 1.29 is 9.90 Å². The molecule has 1 aromatic rings. The molecule has 0 atom stereocenters. The minimum absolute atomic E-state index is 0.176. The van der Waals surface area contributed by atoms with E-state index >= 15 is 0 Å². The van der Waals surface area contributed by atoms with Crippen LogP contribution in [0, 0.1) is 0 Å². The fourth-order valence-corrected chi connectivity index (χ4v) is 2.64. The minimum Gasteiger partial charge on any atom is -0.508 e. The number of allylic oxidation sites excluding steroid dienone is 4. The van der Waals surface area contributed by atoms with Crippen LogP contribution < -0.4 is 0 Å². The number of ketones is 1. The van der Waals surface area contributed by atoms with E-state index in [-0.39, 0.29) is 5.78 Å². The van der Waals surface area contributed by atoms with E-state index in [2.05, 4.69) is 11.9 Å². The van der Waals surface area contributed by atoms with Crippen LogP contribution in [0.2, 0.25) is 0 Å². The molecule has 0 bridgehead atoms. The Hall–Kier alpha value is -2.16. The summed E-state index contributed by atoms with van der Waals surface area (Å²) in [4.78, 5) is 16.7. The van der Waals surface area contributed by atoms with Gasteiger partial charge in [-0.3, -0.25) is 9.79 Å². The second-order valence-electron chi connectivity index (χ2n) is 5.95. The third kappa shape index (κ3) is 6.69. The highest BCUT2D eigenvalue weighted by Crippen LogP contribution is 2.30. The van der Waals surface area contributed by atoms with E-state index in [1.54, 1.807) is 6.07 Å². The number of phenols is 1. The molecule has 1 aliphatic rings. The first-order chi connectivity index (χ1) is 12.1. The lowest BCUT2D eigenvalue weighted by Gasteiger charge is -2.09. The number of Topliss-reactive ketones (excluding diaryl/α,β-unsaturated/α-hetero) is 1. The van der Waals surface area contributed by atoms with Crippen molar-refractivity contribution in [3.05, 3.63) is 47.6 Å². The number of carbonyl (C=O) groups is 1. The fraction of sp³-hybridized carbons (Fsp3) is 0.455. The van der Waals surface area contributed by atoms with Gasteiger partial charge in [0.25, 0.3) is 0 Å². The molecule has 0 fully saturated rings. The van der Waals surface area contributed by atoms with Gasteiger partial charge in [0.05, 0.1) is 5.69 Å². The van der Waals surface area contributed by atoms with Gasteiger partial charge in [-0.2, -0.15) is 0 Å². The second kappa shape index (κ2) is 11.4. The molecule has 0 spiro atoms. The molecule has 3 nitrogen and oxygen atoms in total. The predicted octanol–water partition coefficient (Wildman–Crippen LogP) is 6.09. The lowest BCUT2D eigenvalue weighted by atomic mass is 10.0. The molecule has 136 valence electrons. The standard InChI is InChI=1S/C20H25NO2.C2H6/c1-3-4-10-17-18(11-7-12-20(17)23)21-15(2)13-14-19(22)16-8-5-6-9-16;1-2/h5,7-9,11-12,23H,3-4,6,10,13-14H2,1-2H3;1-2H3. The van der Waals surface area contributed by atoms with Gasteiger partial charge < -0.3 is 5.11 Å². The lowest BCUT2D eigenvalue weighted by molar-refractivity contribution is -0.115. The summed E-state index contributed by atoms with van der Waals surface area (Å²) in [5.41, 5.74) is 3.47. The number of rotatable bonds is 8. The van der Waals surface area contributed by atoms with Crippen LogP contribution in [0.1, 0.15) is 65.4 Å². The van der Waals surface area contributed by atoms with Gasteiger partial charge in [0, 0.05) is 23.3 Å². The van der Waals surface area contributed by atoms with Crippen molar-refractivity contribution >= 4 is 17.2 Å².